The summed E-state index contributed by atoms with van der Waals surface area (Å²) in [7, 11) is 1.68. The van der Waals surface area contributed by atoms with Crippen molar-refractivity contribution >= 4 is 11.6 Å². The highest BCUT2D eigenvalue weighted by molar-refractivity contribution is 6.17. The Morgan fingerprint density at radius 3 is 2.58 bits per heavy atom. The van der Waals surface area contributed by atoms with Gasteiger partial charge in [-0.2, -0.15) is 0 Å². The minimum Gasteiger partial charge on any atom is -0.497 e. The van der Waals surface area contributed by atoms with Gasteiger partial charge in [0.15, 0.2) is 0 Å². The fourth-order valence-corrected chi connectivity index (χ4v) is 1.45. The topological polar surface area (TPSA) is 9.23 Å². The first-order chi connectivity index (χ1) is 5.81. The van der Waals surface area contributed by atoms with E-state index in [1.807, 2.05) is 18.2 Å². The summed E-state index contributed by atoms with van der Waals surface area (Å²) >= 11 is 5.77. The molecule has 1 nitrogen and oxygen atoms in total. The van der Waals surface area contributed by atoms with Gasteiger partial charge in [0.25, 0.3) is 0 Å². The van der Waals surface area contributed by atoms with Crippen molar-refractivity contribution in [2.24, 2.45) is 0 Å². The SMILES string of the molecule is CCc1cc(OC)ccc1CCl. The second-order valence-corrected chi connectivity index (χ2v) is 2.89. The largest absolute Gasteiger partial charge is 0.497 e. The second kappa shape index (κ2) is 4.36. The van der Waals surface area contributed by atoms with E-state index in [4.69, 9.17) is 16.3 Å². The van der Waals surface area contributed by atoms with Crippen molar-refractivity contribution in [2.75, 3.05) is 7.11 Å². The van der Waals surface area contributed by atoms with Gasteiger partial charge in [-0.25, -0.2) is 0 Å². The first kappa shape index (κ1) is 9.40. The van der Waals surface area contributed by atoms with Gasteiger partial charge in [0.05, 0.1) is 7.11 Å². The zero-order valence-corrected chi connectivity index (χ0v) is 8.19. The average molecular weight is 185 g/mol. The Labute approximate surface area is 78.3 Å². The fourth-order valence-electron chi connectivity index (χ4n) is 1.19. The Kier molecular flexibility index (Phi) is 3.42. The quantitative estimate of drug-likeness (QED) is 0.657. The van der Waals surface area contributed by atoms with E-state index in [1.165, 1.54) is 11.1 Å². The lowest BCUT2D eigenvalue weighted by Crippen LogP contribution is -1.91. The number of aryl methyl sites for hydroxylation is 1. The molecule has 0 radical (unpaired) electrons. The summed E-state index contributed by atoms with van der Waals surface area (Å²) in [5.41, 5.74) is 2.46. The summed E-state index contributed by atoms with van der Waals surface area (Å²) < 4.78 is 5.11. The average Bonchev–Trinajstić information content (AvgIpc) is 2.16. The van der Waals surface area contributed by atoms with Crippen molar-refractivity contribution in [3.05, 3.63) is 29.3 Å². The highest BCUT2D eigenvalue weighted by Crippen LogP contribution is 2.19. The Morgan fingerprint density at radius 1 is 1.33 bits per heavy atom. The van der Waals surface area contributed by atoms with Crippen LogP contribution in [-0.2, 0) is 12.3 Å². The van der Waals surface area contributed by atoms with Crippen LogP contribution in [0.15, 0.2) is 18.2 Å². The minimum absolute atomic E-state index is 0.577. The zero-order chi connectivity index (χ0) is 8.97. The standard InChI is InChI=1S/C10H13ClO/c1-3-8-6-10(12-2)5-4-9(8)7-11/h4-6H,3,7H2,1-2H3. The van der Waals surface area contributed by atoms with Crippen molar-refractivity contribution in [2.45, 2.75) is 19.2 Å². The number of alkyl halides is 1. The fraction of sp³-hybridized carbons (Fsp3) is 0.400. The molecule has 1 aromatic carbocycles. The molecular weight excluding hydrogens is 172 g/mol. The van der Waals surface area contributed by atoms with Gasteiger partial charge in [-0.15, -0.1) is 11.6 Å². The monoisotopic (exact) mass is 184 g/mol. The van der Waals surface area contributed by atoms with Crippen LogP contribution < -0.4 is 4.74 Å². The lowest BCUT2D eigenvalue weighted by Gasteiger charge is -2.06. The molecule has 0 unspecified atom stereocenters. The van der Waals surface area contributed by atoms with E-state index in [9.17, 15) is 0 Å². The van der Waals surface area contributed by atoms with Crippen molar-refractivity contribution in [1.82, 2.24) is 0 Å². The molecule has 66 valence electrons. The predicted molar refractivity (Wildman–Crippen MR) is 51.9 cm³/mol. The van der Waals surface area contributed by atoms with Gasteiger partial charge < -0.3 is 4.74 Å². The highest BCUT2D eigenvalue weighted by atomic mass is 35.5. The van der Waals surface area contributed by atoms with E-state index >= 15 is 0 Å². The van der Waals surface area contributed by atoms with E-state index in [2.05, 4.69) is 6.92 Å². The van der Waals surface area contributed by atoms with Crippen molar-refractivity contribution in [3.8, 4) is 5.75 Å². The lowest BCUT2D eigenvalue weighted by atomic mass is 10.1. The molecule has 1 rings (SSSR count). The Balaban J connectivity index is 3.02. The van der Waals surface area contributed by atoms with Gasteiger partial charge in [0.2, 0.25) is 0 Å². The van der Waals surface area contributed by atoms with E-state index < -0.39 is 0 Å². The molecule has 0 amide bonds. The lowest BCUT2D eigenvalue weighted by molar-refractivity contribution is 0.414. The van der Waals surface area contributed by atoms with Gasteiger partial charge >= 0.3 is 0 Å². The molecule has 0 bridgehead atoms. The van der Waals surface area contributed by atoms with Crippen LogP contribution in [0.1, 0.15) is 18.1 Å². The Hall–Kier alpha value is -0.690. The van der Waals surface area contributed by atoms with Crippen LogP contribution in [0.3, 0.4) is 0 Å². The number of methoxy groups -OCH3 is 1. The molecule has 0 spiro atoms. The maximum atomic E-state index is 5.77. The number of hydrogen-bond acceptors (Lipinski definition) is 1. The van der Waals surface area contributed by atoms with Crippen LogP contribution in [0.2, 0.25) is 0 Å². The van der Waals surface area contributed by atoms with Crippen LogP contribution in [0, 0.1) is 0 Å². The molecule has 0 fully saturated rings. The van der Waals surface area contributed by atoms with Crippen molar-refractivity contribution < 1.29 is 4.74 Å². The number of halogens is 1. The van der Waals surface area contributed by atoms with Gasteiger partial charge in [0, 0.05) is 5.88 Å². The van der Waals surface area contributed by atoms with Crippen LogP contribution in [0.25, 0.3) is 0 Å². The molecule has 0 atom stereocenters. The number of hydrogen-bond donors (Lipinski definition) is 0. The highest BCUT2D eigenvalue weighted by Gasteiger charge is 2.00. The maximum Gasteiger partial charge on any atom is 0.119 e. The Bertz CT molecular complexity index is 258. The zero-order valence-electron chi connectivity index (χ0n) is 7.43. The summed E-state index contributed by atoms with van der Waals surface area (Å²) in [5.74, 6) is 1.48. The molecular formula is C10H13ClO. The summed E-state index contributed by atoms with van der Waals surface area (Å²) in [6.07, 6.45) is 0.999. The Morgan fingerprint density at radius 2 is 2.08 bits per heavy atom. The van der Waals surface area contributed by atoms with Crippen LogP contribution in [-0.4, -0.2) is 7.11 Å². The molecule has 0 saturated carbocycles. The molecule has 0 aliphatic carbocycles. The molecule has 1 aromatic rings. The van der Waals surface area contributed by atoms with Crippen LogP contribution >= 0.6 is 11.6 Å². The van der Waals surface area contributed by atoms with E-state index in [1.54, 1.807) is 7.11 Å². The first-order valence-corrected chi connectivity index (χ1v) is 4.57. The first-order valence-electron chi connectivity index (χ1n) is 4.03. The maximum absolute atomic E-state index is 5.77. The molecule has 0 saturated heterocycles. The molecule has 0 heterocycles. The number of benzene rings is 1. The third-order valence-corrected chi connectivity index (χ3v) is 2.23. The van der Waals surface area contributed by atoms with Crippen molar-refractivity contribution in [3.63, 3.8) is 0 Å². The molecule has 0 aliphatic rings. The van der Waals surface area contributed by atoms with Gasteiger partial charge in [-0.05, 0) is 29.7 Å². The predicted octanol–water partition coefficient (Wildman–Crippen LogP) is 3.00. The third kappa shape index (κ3) is 1.92. The number of rotatable bonds is 3. The third-order valence-electron chi connectivity index (χ3n) is 1.94. The van der Waals surface area contributed by atoms with Gasteiger partial charge in [0.1, 0.15) is 5.75 Å². The van der Waals surface area contributed by atoms with Gasteiger partial charge in [-0.3, -0.25) is 0 Å². The smallest absolute Gasteiger partial charge is 0.119 e. The number of ether oxygens (including phenoxy) is 1. The molecule has 2 heteroatoms. The van der Waals surface area contributed by atoms with Crippen LogP contribution in [0.4, 0.5) is 0 Å². The van der Waals surface area contributed by atoms with E-state index in [0.29, 0.717) is 5.88 Å². The minimum atomic E-state index is 0.577. The van der Waals surface area contributed by atoms with E-state index in [-0.39, 0.29) is 0 Å². The second-order valence-electron chi connectivity index (χ2n) is 2.62. The summed E-state index contributed by atoms with van der Waals surface area (Å²) in [6.45, 7) is 2.12. The summed E-state index contributed by atoms with van der Waals surface area (Å²) in [6, 6.07) is 6.00. The van der Waals surface area contributed by atoms with Crippen LogP contribution in [0.5, 0.6) is 5.75 Å². The summed E-state index contributed by atoms with van der Waals surface area (Å²) in [4.78, 5) is 0. The molecule has 0 aromatic heterocycles. The normalized spacial score (nSPS) is 9.92. The molecule has 12 heavy (non-hydrogen) atoms. The van der Waals surface area contributed by atoms with Gasteiger partial charge in [-0.1, -0.05) is 13.0 Å². The molecule has 0 N–H and O–H groups in total. The summed E-state index contributed by atoms with van der Waals surface area (Å²) in [5, 5.41) is 0. The van der Waals surface area contributed by atoms with Crippen molar-refractivity contribution in [1.29, 1.82) is 0 Å². The van der Waals surface area contributed by atoms with E-state index in [0.717, 1.165) is 12.2 Å². The molecule has 0 aliphatic heterocycles.